The summed E-state index contributed by atoms with van der Waals surface area (Å²) in [5.41, 5.74) is 6.92. The molecule has 1 aromatic heterocycles. The van der Waals surface area contributed by atoms with Gasteiger partial charge in [0.25, 0.3) is 0 Å². The maximum absolute atomic E-state index is 12.8. The Balaban J connectivity index is 1.68. The zero-order valence-corrected chi connectivity index (χ0v) is 12.0. The van der Waals surface area contributed by atoms with Crippen molar-refractivity contribution in [3.05, 3.63) is 18.0 Å². The molecular weight excluding hydrogens is 252 g/mol. The maximum atomic E-state index is 12.8. The molecule has 110 valence electrons. The Labute approximate surface area is 119 Å². The monoisotopic (exact) mass is 276 g/mol. The molecule has 1 aliphatic carbocycles. The first-order valence-electron chi connectivity index (χ1n) is 7.76. The van der Waals surface area contributed by atoms with Gasteiger partial charge in [-0.3, -0.25) is 9.89 Å². The number of hydrogen-bond acceptors (Lipinski definition) is 3. The molecule has 1 saturated carbocycles. The number of nitrogens with two attached hydrogens (primary N) is 1. The van der Waals surface area contributed by atoms with E-state index < -0.39 is 5.54 Å². The molecule has 1 amide bonds. The Morgan fingerprint density at radius 3 is 2.85 bits per heavy atom. The minimum atomic E-state index is -0.603. The third kappa shape index (κ3) is 2.59. The van der Waals surface area contributed by atoms with Crippen LogP contribution in [-0.2, 0) is 4.79 Å². The lowest BCUT2D eigenvalue weighted by molar-refractivity contribution is -0.139. The van der Waals surface area contributed by atoms with Crippen molar-refractivity contribution in [1.29, 1.82) is 0 Å². The number of H-pyrrole nitrogens is 1. The largest absolute Gasteiger partial charge is 0.340 e. The van der Waals surface area contributed by atoms with Gasteiger partial charge in [0, 0.05) is 30.9 Å². The summed E-state index contributed by atoms with van der Waals surface area (Å²) in [5.74, 6) is 0.545. The number of carbonyl (C=O) groups is 1. The van der Waals surface area contributed by atoms with Gasteiger partial charge >= 0.3 is 0 Å². The molecule has 2 heterocycles. The summed E-state index contributed by atoms with van der Waals surface area (Å²) in [5, 5.41) is 7.05. The number of aromatic nitrogens is 2. The number of nitrogens with zero attached hydrogens (tertiary/aromatic N) is 2. The number of carbonyl (C=O) groups excluding carboxylic acids is 1. The normalized spacial score (nSPS) is 26.4. The molecule has 0 radical (unpaired) electrons. The van der Waals surface area contributed by atoms with Crippen LogP contribution in [0.1, 0.15) is 56.6 Å². The van der Waals surface area contributed by atoms with Crippen molar-refractivity contribution >= 4 is 5.91 Å². The van der Waals surface area contributed by atoms with E-state index in [0.29, 0.717) is 5.92 Å². The maximum Gasteiger partial charge on any atom is 0.242 e. The standard InChI is InChI=1S/C15H24N4O/c16-15(7-2-1-3-8-15)14(20)19-10-4-5-12(11-19)13-6-9-17-18-13/h6,9,12H,1-5,7-8,10-11,16H2,(H,17,18). The molecule has 3 rings (SSSR count). The highest BCUT2D eigenvalue weighted by Crippen LogP contribution is 2.31. The number of rotatable bonds is 2. The number of aromatic amines is 1. The molecule has 3 N–H and O–H groups in total. The summed E-state index contributed by atoms with van der Waals surface area (Å²) in [4.78, 5) is 14.8. The van der Waals surface area contributed by atoms with Crippen molar-refractivity contribution in [3.8, 4) is 0 Å². The topological polar surface area (TPSA) is 75.0 Å². The van der Waals surface area contributed by atoms with E-state index in [2.05, 4.69) is 10.2 Å². The number of nitrogens with one attached hydrogen (secondary N) is 1. The van der Waals surface area contributed by atoms with E-state index in [-0.39, 0.29) is 5.91 Å². The van der Waals surface area contributed by atoms with Gasteiger partial charge in [0.05, 0.1) is 5.54 Å². The molecule has 2 aliphatic rings. The molecule has 1 atom stereocenters. The lowest BCUT2D eigenvalue weighted by Gasteiger charge is -2.40. The fourth-order valence-electron chi connectivity index (χ4n) is 3.62. The van der Waals surface area contributed by atoms with E-state index in [1.54, 1.807) is 6.20 Å². The van der Waals surface area contributed by atoms with Gasteiger partial charge in [-0.05, 0) is 31.7 Å². The molecule has 1 saturated heterocycles. The van der Waals surface area contributed by atoms with E-state index in [1.807, 2.05) is 11.0 Å². The lowest BCUT2D eigenvalue weighted by Crippen LogP contribution is -2.57. The van der Waals surface area contributed by atoms with Crippen molar-refractivity contribution in [2.75, 3.05) is 13.1 Å². The summed E-state index contributed by atoms with van der Waals surface area (Å²) >= 11 is 0. The summed E-state index contributed by atoms with van der Waals surface area (Å²) < 4.78 is 0. The van der Waals surface area contributed by atoms with Crippen LogP contribution in [0.25, 0.3) is 0 Å². The lowest BCUT2D eigenvalue weighted by atomic mass is 9.80. The number of amides is 1. The smallest absolute Gasteiger partial charge is 0.242 e. The van der Waals surface area contributed by atoms with E-state index in [1.165, 1.54) is 6.42 Å². The van der Waals surface area contributed by atoms with Crippen LogP contribution < -0.4 is 5.73 Å². The van der Waals surface area contributed by atoms with Crippen LogP contribution >= 0.6 is 0 Å². The van der Waals surface area contributed by atoms with Gasteiger partial charge in [-0.25, -0.2) is 0 Å². The highest BCUT2D eigenvalue weighted by atomic mass is 16.2. The predicted molar refractivity (Wildman–Crippen MR) is 77.1 cm³/mol. The summed E-state index contributed by atoms with van der Waals surface area (Å²) in [6, 6.07) is 2.01. The number of piperidine rings is 1. The van der Waals surface area contributed by atoms with Gasteiger partial charge in [-0.15, -0.1) is 0 Å². The van der Waals surface area contributed by atoms with E-state index in [9.17, 15) is 4.79 Å². The Bertz CT molecular complexity index is 450. The van der Waals surface area contributed by atoms with E-state index >= 15 is 0 Å². The van der Waals surface area contributed by atoms with Crippen molar-refractivity contribution in [1.82, 2.24) is 15.1 Å². The quantitative estimate of drug-likeness (QED) is 0.864. The Kier molecular flexibility index (Phi) is 3.78. The van der Waals surface area contributed by atoms with Crippen LogP contribution in [0.5, 0.6) is 0 Å². The first-order chi connectivity index (χ1) is 9.69. The van der Waals surface area contributed by atoms with Crippen LogP contribution in [0.15, 0.2) is 12.3 Å². The van der Waals surface area contributed by atoms with Gasteiger partial charge in [-0.1, -0.05) is 19.3 Å². The molecule has 0 bridgehead atoms. The van der Waals surface area contributed by atoms with Gasteiger partial charge in [0.15, 0.2) is 0 Å². The van der Waals surface area contributed by atoms with E-state index in [4.69, 9.17) is 5.73 Å². The summed E-state index contributed by atoms with van der Waals surface area (Å²) in [6.07, 6.45) is 9.01. The first-order valence-corrected chi connectivity index (χ1v) is 7.76. The molecule has 5 nitrogen and oxygen atoms in total. The Morgan fingerprint density at radius 1 is 1.35 bits per heavy atom. The molecule has 0 aromatic carbocycles. The van der Waals surface area contributed by atoms with Crippen LogP contribution in [0.2, 0.25) is 0 Å². The fraction of sp³-hybridized carbons (Fsp3) is 0.733. The highest BCUT2D eigenvalue weighted by Gasteiger charge is 2.39. The van der Waals surface area contributed by atoms with Crippen molar-refractivity contribution in [2.24, 2.45) is 5.73 Å². The van der Waals surface area contributed by atoms with Crippen molar-refractivity contribution in [2.45, 2.75) is 56.4 Å². The zero-order valence-electron chi connectivity index (χ0n) is 12.0. The zero-order chi connectivity index (χ0) is 14.0. The van der Waals surface area contributed by atoms with Gasteiger partial charge in [0.1, 0.15) is 0 Å². The second-order valence-electron chi connectivity index (χ2n) is 6.32. The fourth-order valence-corrected chi connectivity index (χ4v) is 3.62. The predicted octanol–water partition coefficient (Wildman–Crippen LogP) is 1.78. The van der Waals surface area contributed by atoms with Gasteiger partial charge in [0.2, 0.25) is 5.91 Å². The number of hydrogen-bond donors (Lipinski definition) is 2. The van der Waals surface area contributed by atoms with Crippen LogP contribution in [0, 0.1) is 0 Å². The molecule has 1 unspecified atom stereocenters. The molecule has 5 heteroatoms. The molecule has 1 aliphatic heterocycles. The van der Waals surface area contributed by atoms with Crippen LogP contribution in [-0.4, -0.2) is 39.6 Å². The third-order valence-corrected chi connectivity index (χ3v) is 4.84. The average molecular weight is 276 g/mol. The molecular formula is C15H24N4O. The van der Waals surface area contributed by atoms with E-state index in [0.717, 1.165) is 57.3 Å². The van der Waals surface area contributed by atoms with Crippen molar-refractivity contribution in [3.63, 3.8) is 0 Å². The van der Waals surface area contributed by atoms with Crippen LogP contribution in [0.4, 0.5) is 0 Å². The first kappa shape index (κ1) is 13.6. The van der Waals surface area contributed by atoms with Crippen LogP contribution in [0.3, 0.4) is 0 Å². The second kappa shape index (κ2) is 5.56. The molecule has 2 fully saturated rings. The number of likely N-dealkylation sites (tertiary alicyclic amines) is 1. The summed E-state index contributed by atoms with van der Waals surface area (Å²) in [6.45, 7) is 1.63. The van der Waals surface area contributed by atoms with Crippen molar-refractivity contribution < 1.29 is 4.79 Å². The highest BCUT2D eigenvalue weighted by molar-refractivity contribution is 5.86. The minimum absolute atomic E-state index is 0.168. The Morgan fingerprint density at radius 2 is 2.15 bits per heavy atom. The molecule has 1 aromatic rings. The Hall–Kier alpha value is -1.36. The third-order valence-electron chi connectivity index (χ3n) is 4.84. The minimum Gasteiger partial charge on any atom is -0.340 e. The SMILES string of the molecule is NC1(C(=O)N2CCCC(c3ccn[nH]3)C2)CCCCC1. The molecule has 20 heavy (non-hydrogen) atoms. The second-order valence-corrected chi connectivity index (χ2v) is 6.32. The average Bonchev–Trinajstić information content (AvgIpc) is 3.02. The van der Waals surface area contributed by atoms with Gasteiger partial charge < -0.3 is 10.6 Å². The van der Waals surface area contributed by atoms with Gasteiger partial charge in [-0.2, -0.15) is 5.10 Å². The molecule has 0 spiro atoms. The summed E-state index contributed by atoms with van der Waals surface area (Å²) in [7, 11) is 0.